The zero-order valence-corrected chi connectivity index (χ0v) is 9.86. The molecule has 0 bridgehead atoms. The SMILES string of the molecule is COc1cccc(C2CC(=O)OC(=O)C2)c1C. The summed E-state index contributed by atoms with van der Waals surface area (Å²) in [6, 6.07) is 5.65. The summed E-state index contributed by atoms with van der Waals surface area (Å²) in [4.78, 5) is 22.5. The Morgan fingerprint density at radius 2 is 1.88 bits per heavy atom. The van der Waals surface area contributed by atoms with Crippen molar-refractivity contribution in [1.29, 1.82) is 0 Å². The second kappa shape index (κ2) is 4.57. The van der Waals surface area contributed by atoms with Gasteiger partial charge in [0.05, 0.1) is 20.0 Å². The average Bonchev–Trinajstić information content (AvgIpc) is 2.28. The van der Waals surface area contributed by atoms with Gasteiger partial charge in [-0.3, -0.25) is 9.59 Å². The van der Waals surface area contributed by atoms with Crippen molar-refractivity contribution in [3.63, 3.8) is 0 Å². The molecule has 0 N–H and O–H groups in total. The molecule has 1 saturated heterocycles. The fourth-order valence-corrected chi connectivity index (χ4v) is 2.20. The number of ether oxygens (including phenoxy) is 2. The third kappa shape index (κ3) is 2.30. The summed E-state index contributed by atoms with van der Waals surface area (Å²) in [5, 5.41) is 0. The highest BCUT2D eigenvalue weighted by Crippen LogP contribution is 2.33. The molecule has 0 saturated carbocycles. The van der Waals surface area contributed by atoms with E-state index in [0.29, 0.717) is 0 Å². The Bertz CT molecular complexity index is 448. The van der Waals surface area contributed by atoms with Crippen LogP contribution < -0.4 is 4.74 Å². The zero-order valence-electron chi connectivity index (χ0n) is 9.86. The van der Waals surface area contributed by atoms with Crippen molar-refractivity contribution >= 4 is 11.9 Å². The highest BCUT2D eigenvalue weighted by atomic mass is 16.6. The van der Waals surface area contributed by atoms with Crippen LogP contribution >= 0.6 is 0 Å². The maximum atomic E-state index is 11.2. The van der Waals surface area contributed by atoms with Crippen LogP contribution in [-0.2, 0) is 14.3 Å². The topological polar surface area (TPSA) is 52.6 Å². The van der Waals surface area contributed by atoms with Crippen LogP contribution in [0.1, 0.15) is 29.9 Å². The van der Waals surface area contributed by atoms with Crippen molar-refractivity contribution in [3.05, 3.63) is 29.3 Å². The summed E-state index contributed by atoms with van der Waals surface area (Å²) in [5.41, 5.74) is 1.96. The molecule has 1 aromatic carbocycles. The fraction of sp³-hybridized carbons (Fsp3) is 0.385. The first-order valence-corrected chi connectivity index (χ1v) is 5.49. The lowest BCUT2D eigenvalue weighted by atomic mass is 9.88. The van der Waals surface area contributed by atoms with E-state index in [-0.39, 0.29) is 18.8 Å². The number of rotatable bonds is 2. The molecule has 0 unspecified atom stereocenters. The average molecular weight is 234 g/mol. The van der Waals surface area contributed by atoms with Crippen molar-refractivity contribution in [3.8, 4) is 5.75 Å². The smallest absolute Gasteiger partial charge is 0.314 e. The Labute approximate surface area is 99.5 Å². The fourth-order valence-electron chi connectivity index (χ4n) is 2.20. The monoisotopic (exact) mass is 234 g/mol. The quantitative estimate of drug-likeness (QED) is 0.579. The summed E-state index contributed by atoms with van der Waals surface area (Å²) in [6.45, 7) is 1.93. The van der Waals surface area contributed by atoms with Crippen molar-refractivity contribution < 1.29 is 19.1 Å². The lowest BCUT2D eigenvalue weighted by Gasteiger charge is -2.22. The standard InChI is InChI=1S/C13H14O4/c1-8-10(4-3-5-11(8)16-2)9-6-12(14)17-13(15)7-9/h3-5,9H,6-7H2,1-2H3. The van der Waals surface area contributed by atoms with Gasteiger partial charge in [0.15, 0.2) is 0 Å². The molecule has 1 aliphatic heterocycles. The molecular weight excluding hydrogens is 220 g/mol. The zero-order chi connectivity index (χ0) is 12.4. The van der Waals surface area contributed by atoms with E-state index in [2.05, 4.69) is 4.74 Å². The Morgan fingerprint density at radius 3 is 2.47 bits per heavy atom. The summed E-state index contributed by atoms with van der Waals surface area (Å²) < 4.78 is 9.75. The van der Waals surface area contributed by atoms with Crippen LogP contribution in [0.5, 0.6) is 5.75 Å². The third-order valence-electron chi connectivity index (χ3n) is 3.04. The minimum Gasteiger partial charge on any atom is -0.496 e. The predicted molar refractivity (Wildman–Crippen MR) is 60.8 cm³/mol. The van der Waals surface area contributed by atoms with E-state index < -0.39 is 11.9 Å². The molecule has 4 heteroatoms. The van der Waals surface area contributed by atoms with Gasteiger partial charge in [-0.15, -0.1) is 0 Å². The largest absolute Gasteiger partial charge is 0.496 e. The van der Waals surface area contributed by atoms with E-state index in [1.54, 1.807) is 7.11 Å². The molecule has 0 aliphatic carbocycles. The second-order valence-electron chi connectivity index (χ2n) is 4.13. The van der Waals surface area contributed by atoms with Crippen LogP contribution in [0, 0.1) is 6.92 Å². The maximum absolute atomic E-state index is 11.2. The molecule has 0 amide bonds. The summed E-state index contributed by atoms with van der Waals surface area (Å²) >= 11 is 0. The van der Waals surface area contributed by atoms with Crippen LogP contribution in [0.15, 0.2) is 18.2 Å². The minimum atomic E-state index is -0.450. The van der Waals surface area contributed by atoms with Gasteiger partial charge in [0.25, 0.3) is 0 Å². The van der Waals surface area contributed by atoms with Crippen LogP contribution in [0.25, 0.3) is 0 Å². The minimum absolute atomic E-state index is 0.0983. The van der Waals surface area contributed by atoms with Gasteiger partial charge in [-0.25, -0.2) is 0 Å². The van der Waals surface area contributed by atoms with Crippen molar-refractivity contribution in [1.82, 2.24) is 0 Å². The van der Waals surface area contributed by atoms with E-state index in [1.165, 1.54) is 0 Å². The number of methoxy groups -OCH3 is 1. The maximum Gasteiger partial charge on any atom is 0.314 e. The Hall–Kier alpha value is -1.84. The predicted octanol–water partition coefficient (Wildman–Crippen LogP) is 1.95. The molecule has 17 heavy (non-hydrogen) atoms. The Morgan fingerprint density at radius 1 is 1.24 bits per heavy atom. The van der Waals surface area contributed by atoms with Gasteiger partial charge in [-0.2, -0.15) is 0 Å². The molecule has 1 aromatic rings. The molecule has 0 atom stereocenters. The number of carbonyl (C=O) groups excluding carboxylic acids is 2. The highest BCUT2D eigenvalue weighted by Gasteiger charge is 2.29. The molecule has 0 radical (unpaired) electrons. The van der Waals surface area contributed by atoms with Gasteiger partial charge in [-0.05, 0) is 24.1 Å². The number of benzene rings is 1. The number of hydrogen-bond acceptors (Lipinski definition) is 4. The van der Waals surface area contributed by atoms with Gasteiger partial charge in [0, 0.05) is 5.92 Å². The molecule has 1 fully saturated rings. The number of hydrogen-bond donors (Lipinski definition) is 0. The van der Waals surface area contributed by atoms with Gasteiger partial charge < -0.3 is 9.47 Å². The van der Waals surface area contributed by atoms with Gasteiger partial charge in [-0.1, -0.05) is 12.1 Å². The van der Waals surface area contributed by atoms with Crippen molar-refractivity contribution in [2.75, 3.05) is 7.11 Å². The number of cyclic esters (lactones) is 2. The molecule has 90 valence electrons. The van der Waals surface area contributed by atoms with Gasteiger partial charge in [0.1, 0.15) is 5.75 Å². The van der Waals surface area contributed by atoms with Crippen molar-refractivity contribution in [2.45, 2.75) is 25.7 Å². The molecule has 0 aromatic heterocycles. The third-order valence-corrected chi connectivity index (χ3v) is 3.04. The van der Waals surface area contributed by atoms with E-state index in [9.17, 15) is 9.59 Å². The normalized spacial score (nSPS) is 16.8. The summed E-state index contributed by atoms with van der Waals surface area (Å²) in [5.74, 6) is -0.227. The molecular formula is C13H14O4. The molecule has 1 heterocycles. The van der Waals surface area contributed by atoms with Gasteiger partial charge >= 0.3 is 11.9 Å². The summed E-state index contributed by atoms with van der Waals surface area (Å²) in [7, 11) is 1.60. The van der Waals surface area contributed by atoms with E-state index in [1.807, 2.05) is 25.1 Å². The van der Waals surface area contributed by atoms with Crippen LogP contribution in [0.4, 0.5) is 0 Å². The molecule has 0 spiro atoms. The first-order valence-electron chi connectivity index (χ1n) is 5.49. The molecule has 1 aliphatic rings. The number of carbonyl (C=O) groups is 2. The van der Waals surface area contributed by atoms with Gasteiger partial charge in [0.2, 0.25) is 0 Å². The van der Waals surface area contributed by atoms with E-state index in [0.717, 1.165) is 16.9 Å². The lowest BCUT2D eigenvalue weighted by Crippen LogP contribution is -2.24. The highest BCUT2D eigenvalue weighted by molar-refractivity contribution is 5.89. The first kappa shape index (κ1) is 11.6. The second-order valence-corrected chi connectivity index (χ2v) is 4.13. The van der Waals surface area contributed by atoms with Crippen LogP contribution in [0.3, 0.4) is 0 Å². The summed E-state index contributed by atoms with van der Waals surface area (Å²) in [6.07, 6.45) is 0.499. The lowest BCUT2D eigenvalue weighted by molar-refractivity contribution is -0.163. The van der Waals surface area contributed by atoms with Crippen LogP contribution in [-0.4, -0.2) is 19.0 Å². The number of esters is 2. The van der Waals surface area contributed by atoms with Crippen LogP contribution in [0.2, 0.25) is 0 Å². The molecule has 2 rings (SSSR count). The van der Waals surface area contributed by atoms with E-state index in [4.69, 9.17) is 4.74 Å². The first-order chi connectivity index (χ1) is 8.11. The van der Waals surface area contributed by atoms with E-state index >= 15 is 0 Å². The van der Waals surface area contributed by atoms with Crippen molar-refractivity contribution in [2.24, 2.45) is 0 Å². The Kier molecular flexibility index (Phi) is 3.13. The molecule has 4 nitrogen and oxygen atoms in total. The Balaban J connectivity index is 2.33.